The highest BCUT2D eigenvalue weighted by Gasteiger charge is 2.50. The zero-order valence-electron chi connectivity index (χ0n) is 11.6. The first-order chi connectivity index (χ1) is 8.67. The van der Waals surface area contributed by atoms with Crippen molar-refractivity contribution in [2.24, 2.45) is 29.6 Å². The summed E-state index contributed by atoms with van der Waals surface area (Å²) < 4.78 is 0. The topological polar surface area (TPSA) is 41.1 Å². The van der Waals surface area contributed by atoms with E-state index < -0.39 is 0 Å². The van der Waals surface area contributed by atoms with Crippen LogP contribution in [0.4, 0.5) is 0 Å². The molecule has 4 aliphatic rings. The fourth-order valence-corrected chi connectivity index (χ4v) is 5.39. The van der Waals surface area contributed by atoms with Gasteiger partial charge in [0.25, 0.3) is 0 Å². The van der Waals surface area contributed by atoms with Crippen LogP contribution in [0.5, 0.6) is 0 Å². The fraction of sp³-hybridized carbons (Fsp3) is 0.933. The Kier molecular flexibility index (Phi) is 3.35. The Labute approximate surface area is 110 Å². The molecule has 2 N–H and O–H groups in total. The maximum Gasteiger partial charge on any atom is 0.217 e. The summed E-state index contributed by atoms with van der Waals surface area (Å²) in [5.41, 5.74) is 0. The van der Waals surface area contributed by atoms with Gasteiger partial charge in [0.15, 0.2) is 0 Å². The minimum absolute atomic E-state index is 0.129. The van der Waals surface area contributed by atoms with Crippen LogP contribution in [-0.4, -0.2) is 25.5 Å². The Morgan fingerprint density at radius 3 is 2.11 bits per heavy atom. The molecule has 0 spiro atoms. The van der Waals surface area contributed by atoms with Crippen molar-refractivity contribution in [1.29, 1.82) is 0 Å². The number of amides is 1. The van der Waals surface area contributed by atoms with Crippen molar-refractivity contribution in [2.75, 3.05) is 13.6 Å². The monoisotopic (exact) mass is 250 g/mol. The van der Waals surface area contributed by atoms with Crippen LogP contribution in [0.3, 0.4) is 0 Å². The predicted octanol–water partition coefficient (Wildman–Crippen LogP) is 1.78. The van der Waals surface area contributed by atoms with Crippen LogP contribution < -0.4 is 10.6 Å². The van der Waals surface area contributed by atoms with E-state index in [1.54, 1.807) is 6.92 Å². The quantitative estimate of drug-likeness (QED) is 0.798. The Morgan fingerprint density at radius 1 is 1.11 bits per heavy atom. The fourth-order valence-electron chi connectivity index (χ4n) is 5.39. The summed E-state index contributed by atoms with van der Waals surface area (Å²) in [5.74, 6) is 4.64. The molecule has 4 aliphatic carbocycles. The van der Waals surface area contributed by atoms with Gasteiger partial charge in [0.1, 0.15) is 0 Å². The van der Waals surface area contributed by atoms with Crippen molar-refractivity contribution in [1.82, 2.24) is 10.6 Å². The lowest BCUT2D eigenvalue weighted by Crippen LogP contribution is -2.56. The number of carbonyl (C=O) groups excluding carboxylic acids is 1. The molecular formula is C15H26N2O. The summed E-state index contributed by atoms with van der Waals surface area (Å²) >= 11 is 0. The molecule has 0 radical (unpaired) electrons. The molecule has 4 rings (SSSR count). The molecule has 0 aromatic heterocycles. The summed E-state index contributed by atoms with van der Waals surface area (Å²) in [5, 5.41) is 6.47. The molecule has 4 fully saturated rings. The Bertz CT molecular complexity index is 300. The summed E-state index contributed by atoms with van der Waals surface area (Å²) in [6.45, 7) is 2.57. The van der Waals surface area contributed by atoms with E-state index in [0.29, 0.717) is 6.04 Å². The molecule has 18 heavy (non-hydrogen) atoms. The van der Waals surface area contributed by atoms with E-state index in [1.165, 1.54) is 32.1 Å². The Balaban J connectivity index is 1.75. The van der Waals surface area contributed by atoms with E-state index in [9.17, 15) is 4.79 Å². The van der Waals surface area contributed by atoms with Crippen LogP contribution >= 0.6 is 0 Å². The largest absolute Gasteiger partial charge is 0.352 e. The van der Waals surface area contributed by atoms with Crippen LogP contribution in [0.2, 0.25) is 0 Å². The molecule has 1 unspecified atom stereocenters. The first-order valence-corrected chi connectivity index (χ1v) is 7.59. The predicted molar refractivity (Wildman–Crippen MR) is 72.1 cm³/mol. The third-order valence-corrected chi connectivity index (χ3v) is 5.58. The minimum atomic E-state index is 0.129. The Morgan fingerprint density at radius 2 is 1.67 bits per heavy atom. The van der Waals surface area contributed by atoms with Crippen molar-refractivity contribution < 1.29 is 4.79 Å². The van der Waals surface area contributed by atoms with E-state index in [-0.39, 0.29) is 5.91 Å². The van der Waals surface area contributed by atoms with Gasteiger partial charge >= 0.3 is 0 Å². The van der Waals surface area contributed by atoms with Gasteiger partial charge in [-0.2, -0.15) is 0 Å². The average molecular weight is 250 g/mol. The maximum atomic E-state index is 11.4. The van der Waals surface area contributed by atoms with Crippen molar-refractivity contribution in [3.05, 3.63) is 0 Å². The van der Waals surface area contributed by atoms with Gasteiger partial charge in [0, 0.05) is 19.5 Å². The van der Waals surface area contributed by atoms with Gasteiger partial charge in [-0.1, -0.05) is 0 Å². The minimum Gasteiger partial charge on any atom is -0.352 e. The van der Waals surface area contributed by atoms with E-state index in [4.69, 9.17) is 0 Å². The summed E-state index contributed by atoms with van der Waals surface area (Å²) in [6, 6.07) is 0.350. The highest BCUT2D eigenvalue weighted by Crippen LogP contribution is 2.57. The summed E-state index contributed by atoms with van der Waals surface area (Å²) in [4.78, 5) is 11.4. The highest BCUT2D eigenvalue weighted by atomic mass is 16.1. The van der Waals surface area contributed by atoms with E-state index in [2.05, 4.69) is 10.6 Å². The first kappa shape index (κ1) is 12.5. The van der Waals surface area contributed by atoms with E-state index >= 15 is 0 Å². The molecule has 0 aliphatic heterocycles. The third kappa shape index (κ3) is 2.18. The van der Waals surface area contributed by atoms with Crippen LogP contribution in [0.15, 0.2) is 0 Å². The van der Waals surface area contributed by atoms with Gasteiger partial charge in [-0.15, -0.1) is 0 Å². The van der Waals surface area contributed by atoms with Crippen LogP contribution in [0.25, 0.3) is 0 Å². The molecule has 1 amide bonds. The SMILES string of the molecule is CNCC(NC(C)=O)C1C2CC3CC(C2)CC1C3. The number of rotatable bonds is 4. The van der Waals surface area contributed by atoms with E-state index in [0.717, 1.165) is 36.1 Å². The summed E-state index contributed by atoms with van der Waals surface area (Å²) in [6.07, 6.45) is 7.21. The smallest absolute Gasteiger partial charge is 0.217 e. The molecule has 0 saturated heterocycles. The third-order valence-electron chi connectivity index (χ3n) is 5.58. The molecule has 0 heterocycles. The first-order valence-electron chi connectivity index (χ1n) is 7.59. The normalized spacial score (nSPS) is 42.9. The van der Waals surface area contributed by atoms with Gasteiger partial charge in [0.2, 0.25) is 5.91 Å². The molecular weight excluding hydrogens is 224 g/mol. The molecule has 3 heteroatoms. The van der Waals surface area contributed by atoms with Crippen LogP contribution in [0, 0.1) is 29.6 Å². The lowest BCUT2D eigenvalue weighted by atomic mass is 9.50. The second kappa shape index (κ2) is 4.84. The number of hydrogen-bond donors (Lipinski definition) is 2. The van der Waals surface area contributed by atoms with Crippen LogP contribution in [-0.2, 0) is 4.79 Å². The second-order valence-electron chi connectivity index (χ2n) is 6.87. The molecule has 102 valence electrons. The number of carbonyl (C=O) groups is 1. The number of hydrogen-bond acceptors (Lipinski definition) is 2. The van der Waals surface area contributed by atoms with Gasteiger partial charge in [0.05, 0.1) is 0 Å². The zero-order valence-corrected chi connectivity index (χ0v) is 11.6. The van der Waals surface area contributed by atoms with Gasteiger partial charge < -0.3 is 10.6 Å². The second-order valence-corrected chi connectivity index (χ2v) is 6.87. The van der Waals surface area contributed by atoms with Gasteiger partial charge in [-0.05, 0) is 68.7 Å². The van der Waals surface area contributed by atoms with Gasteiger partial charge in [-0.25, -0.2) is 0 Å². The van der Waals surface area contributed by atoms with Gasteiger partial charge in [-0.3, -0.25) is 4.79 Å². The van der Waals surface area contributed by atoms with Crippen molar-refractivity contribution in [3.63, 3.8) is 0 Å². The molecule has 0 aromatic carbocycles. The zero-order chi connectivity index (χ0) is 12.7. The lowest BCUT2D eigenvalue weighted by Gasteiger charge is -2.56. The molecule has 3 nitrogen and oxygen atoms in total. The number of nitrogens with one attached hydrogen (secondary N) is 2. The molecule has 1 atom stereocenters. The standard InChI is InChI=1S/C15H26N2O/c1-9(18)17-14(8-16-2)15-12-4-10-3-11(6-12)7-13(15)5-10/h10-16H,3-8H2,1-2H3,(H,17,18). The average Bonchev–Trinajstić information content (AvgIpc) is 2.26. The molecule has 0 aromatic rings. The Hall–Kier alpha value is -0.570. The maximum absolute atomic E-state index is 11.4. The van der Waals surface area contributed by atoms with Crippen molar-refractivity contribution in [3.8, 4) is 0 Å². The number of likely N-dealkylation sites (N-methyl/N-ethyl adjacent to an activating group) is 1. The lowest BCUT2D eigenvalue weighted by molar-refractivity contribution is -0.121. The van der Waals surface area contributed by atoms with Crippen LogP contribution in [0.1, 0.15) is 39.0 Å². The van der Waals surface area contributed by atoms with E-state index in [1.807, 2.05) is 7.05 Å². The summed E-state index contributed by atoms with van der Waals surface area (Å²) in [7, 11) is 1.99. The van der Waals surface area contributed by atoms with Crippen molar-refractivity contribution >= 4 is 5.91 Å². The molecule has 4 saturated carbocycles. The molecule has 4 bridgehead atoms. The van der Waals surface area contributed by atoms with Crippen molar-refractivity contribution in [2.45, 2.75) is 45.1 Å². The highest BCUT2D eigenvalue weighted by molar-refractivity contribution is 5.73.